The van der Waals surface area contributed by atoms with E-state index in [4.69, 9.17) is 14.2 Å². The average Bonchev–Trinajstić information content (AvgIpc) is 2.99. The fraction of sp³-hybridized carbons (Fsp3) is 0.962. The van der Waals surface area contributed by atoms with E-state index in [2.05, 4.69) is 13.8 Å². The number of hydrogen-bond acceptors (Lipinski definition) is 4. The molecule has 0 bridgehead atoms. The second-order valence-corrected chi connectivity index (χ2v) is 11.8. The van der Waals surface area contributed by atoms with Gasteiger partial charge in [0.1, 0.15) is 12.3 Å². The Morgan fingerprint density at radius 1 is 0.968 bits per heavy atom. The number of rotatable bonds is 3. The van der Waals surface area contributed by atoms with Gasteiger partial charge in [-0.3, -0.25) is 4.79 Å². The van der Waals surface area contributed by atoms with Crippen molar-refractivity contribution < 1.29 is 23.4 Å². The van der Waals surface area contributed by atoms with E-state index in [0.717, 1.165) is 38.5 Å². The van der Waals surface area contributed by atoms with Gasteiger partial charge in [-0.2, -0.15) is 0 Å². The number of carbonyl (C=O) groups excluding carboxylic acids is 1. The number of carbonyl (C=O) groups is 1. The molecule has 0 aromatic rings. The lowest BCUT2D eigenvalue weighted by molar-refractivity contribution is -0.233. The van der Waals surface area contributed by atoms with Gasteiger partial charge >= 0.3 is 5.97 Å². The van der Waals surface area contributed by atoms with Gasteiger partial charge in [-0.05, 0) is 81.0 Å². The van der Waals surface area contributed by atoms with Crippen LogP contribution in [0, 0.1) is 34.5 Å². The Labute approximate surface area is 187 Å². The molecule has 31 heavy (non-hydrogen) atoms. The maximum Gasteiger partial charge on any atom is 0.302 e. The van der Waals surface area contributed by atoms with Crippen LogP contribution in [0.1, 0.15) is 91.4 Å². The predicted octanol–water partition coefficient (Wildman–Crippen LogP) is 5.82. The van der Waals surface area contributed by atoms with Gasteiger partial charge in [0.2, 0.25) is 0 Å². The SMILES string of the molecule is CC(=O)OC1CC2CCCCC2(C)C2CCC3(C)C(C[C@@H](F)C3OC3CCCCO3)C12. The number of fused-ring (bicyclic) bond motifs is 5. The van der Waals surface area contributed by atoms with Crippen molar-refractivity contribution in [3.63, 3.8) is 0 Å². The zero-order valence-corrected chi connectivity index (χ0v) is 19.6. The smallest absolute Gasteiger partial charge is 0.302 e. The summed E-state index contributed by atoms with van der Waals surface area (Å²) in [5.74, 6) is 1.42. The van der Waals surface area contributed by atoms with Gasteiger partial charge in [-0.15, -0.1) is 0 Å². The highest BCUT2D eigenvalue weighted by Crippen LogP contribution is 2.67. The maximum atomic E-state index is 15.6. The molecule has 10 atom stereocenters. The van der Waals surface area contributed by atoms with Crippen molar-refractivity contribution in [1.82, 2.24) is 0 Å². The van der Waals surface area contributed by atoms with Crippen molar-refractivity contribution in [2.24, 2.45) is 34.5 Å². The van der Waals surface area contributed by atoms with Crippen molar-refractivity contribution in [3.05, 3.63) is 0 Å². The summed E-state index contributed by atoms with van der Waals surface area (Å²) >= 11 is 0. The van der Waals surface area contributed by atoms with E-state index in [9.17, 15) is 4.79 Å². The minimum absolute atomic E-state index is 0.0693. The van der Waals surface area contributed by atoms with Gasteiger partial charge in [0.25, 0.3) is 0 Å². The summed E-state index contributed by atoms with van der Waals surface area (Å²) in [6, 6.07) is 0. The zero-order chi connectivity index (χ0) is 21.8. The van der Waals surface area contributed by atoms with E-state index >= 15 is 4.39 Å². The molecule has 1 saturated heterocycles. The first-order chi connectivity index (χ1) is 14.8. The molecular formula is C26H41FO4. The lowest BCUT2D eigenvalue weighted by Crippen LogP contribution is -2.59. The van der Waals surface area contributed by atoms with E-state index < -0.39 is 12.3 Å². The molecule has 4 aliphatic carbocycles. The highest BCUT2D eigenvalue weighted by atomic mass is 19.1. The van der Waals surface area contributed by atoms with Gasteiger partial charge in [0, 0.05) is 24.9 Å². The van der Waals surface area contributed by atoms with Gasteiger partial charge in [-0.25, -0.2) is 4.39 Å². The topological polar surface area (TPSA) is 44.8 Å². The summed E-state index contributed by atoms with van der Waals surface area (Å²) in [4.78, 5) is 12.1. The lowest BCUT2D eigenvalue weighted by Gasteiger charge is -2.62. The monoisotopic (exact) mass is 436 g/mol. The van der Waals surface area contributed by atoms with Crippen LogP contribution in [0.2, 0.25) is 0 Å². The highest BCUT2D eigenvalue weighted by Gasteiger charge is 2.65. The van der Waals surface area contributed by atoms with Crippen molar-refractivity contribution >= 4 is 5.97 Å². The van der Waals surface area contributed by atoms with Crippen LogP contribution in [0.5, 0.6) is 0 Å². The van der Waals surface area contributed by atoms with E-state index in [1.54, 1.807) is 0 Å². The first-order valence-electron chi connectivity index (χ1n) is 12.9. The molecule has 176 valence electrons. The van der Waals surface area contributed by atoms with Crippen LogP contribution in [0.15, 0.2) is 0 Å². The number of esters is 1. The minimum atomic E-state index is -0.964. The van der Waals surface area contributed by atoms with Crippen LogP contribution in [-0.2, 0) is 19.0 Å². The van der Waals surface area contributed by atoms with Crippen LogP contribution in [0.3, 0.4) is 0 Å². The molecular weight excluding hydrogens is 395 g/mol. The van der Waals surface area contributed by atoms with Crippen LogP contribution >= 0.6 is 0 Å². The van der Waals surface area contributed by atoms with E-state index in [1.165, 1.54) is 32.6 Å². The second kappa shape index (κ2) is 8.27. The molecule has 0 aromatic carbocycles. The van der Waals surface area contributed by atoms with Gasteiger partial charge in [0.05, 0.1) is 6.10 Å². The normalized spacial score (nSPS) is 52.0. The van der Waals surface area contributed by atoms with Crippen molar-refractivity contribution in [2.45, 2.75) is 116 Å². The first kappa shape index (κ1) is 22.1. The third-order valence-electron chi connectivity index (χ3n) is 10.2. The summed E-state index contributed by atoms with van der Waals surface area (Å²) < 4.78 is 33.8. The molecule has 4 nitrogen and oxygen atoms in total. The third kappa shape index (κ3) is 3.66. The molecule has 1 heterocycles. The number of halogens is 1. The minimum Gasteiger partial charge on any atom is -0.462 e. The second-order valence-electron chi connectivity index (χ2n) is 11.8. The molecule has 5 fully saturated rings. The fourth-order valence-electron chi connectivity index (χ4n) is 8.72. The zero-order valence-electron chi connectivity index (χ0n) is 19.6. The van der Waals surface area contributed by atoms with Crippen molar-refractivity contribution in [3.8, 4) is 0 Å². The fourth-order valence-corrected chi connectivity index (χ4v) is 8.72. The number of alkyl halides is 1. The summed E-state index contributed by atoms with van der Waals surface area (Å²) in [7, 11) is 0. The maximum absolute atomic E-state index is 15.6. The Morgan fingerprint density at radius 3 is 2.52 bits per heavy atom. The van der Waals surface area contributed by atoms with Crippen LogP contribution in [0.4, 0.5) is 4.39 Å². The Kier molecular flexibility index (Phi) is 5.90. The highest BCUT2D eigenvalue weighted by molar-refractivity contribution is 5.66. The molecule has 0 spiro atoms. The first-order valence-corrected chi connectivity index (χ1v) is 12.9. The van der Waals surface area contributed by atoms with Crippen molar-refractivity contribution in [2.75, 3.05) is 6.61 Å². The predicted molar refractivity (Wildman–Crippen MR) is 116 cm³/mol. The summed E-state index contributed by atoms with van der Waals surface area (Å²) in [5, 5.41) is 0. The van der Waals surface area contributed by atoms with E-state index in [1.807, 2.05) is 0 Å². The van der Waals surface area contributed by atoms with Crippen LogP contribution in [0.25, 0.3) is 0 Å². The van der Waals surface area contributed by atoms with E-state index in [-0.39, 0.29) is 35.6 Å². The molecule has 5 aliphatic rings. The molecule has 0 amide bonds. The van der Waals surface area contributed by atoms with E-state index in [0.29, 0.717) is 30.3 Å². The molecule has 0 radical (unpaired) electrons. The summed E-state index contributed by atoms with van der Waals surface area (Å²) in [6.45, 7) is 6.99. The molecule has 0 aromatic heterocycles. The number of hydrogen-bond donors (Lipinski definition) is 0. The Balaban J connectivity index is 1.44. The van der Waals surface area contributed by atoms with Gasteiger partial charge in [-0.1, -0.05) is 26.7 Å². The Hall–Kier alpha value is -0.680. The Morgan fingerprint density at radius 2 is 1.77 bits per heavy atom. The third-order valence-corrected chi connectivity index (χ3v) is 10.2. The summed E-state index contributed by atoms with van der Waals surface area (Å²) in [5.41, 5.74) is 0.0930. The van der Waals surface area contributed by atoms with Gasteiger partial charge < -0.3 is 14.2 Å². The van der Waals surface area contributed by atoms with Crippen molar-refractivity contribution in [1.29, 1.82) is 0 Å². The average molecular weight is 437 g/mol. The molecule has 0 N–H and O–H groups in total. The molecule has 4 saturated carbocycles. The molecule has 5 heteroatoms. The lowest BCUT2D eigenvalue weighted by atomic mass is 9.44. The molecule has 5 rings (SSSR count). The summed E-state index contributed by atoms with van der Waals surface area (Å²) in [6.07, 6.45) is 10.0. The Bertz CT molecular complexity index is 678. The van der Waals surface area contributed by atoms with Crippen LogP contribution < -0.4 is 0 Å². The standard InChI is InChI=1S/C26H41FO4/c1-16(28)30-21-14-17-8-4-6-11-25(17,2)18-10-12-26(3)19(23(18)21)15-20(27)24(26)31-22-9-5-7-13-29-22/h17-24H,4-15H2,1-3H3/t17?,18?,19?,20-,21?,22?,23?,24?,25?,26?/m1/s1. The van der Waals surface area contributed by atoms with Crippen LogP contribution in [-0.4, -0.2) is 37.2 Å². The number of ether oxygens (including phenoxy) is 3. The quantitative estimate of drug-likeness (QED) is 0.523. The largest absolute Gasteiger partial charge is 0.462 e. The molecule has 1 aliphatic heterocycles. The molecule has 9 unspecified atom stereocenters. The van der Waals surface area contributed by atoms with Gasteiger partial charge in [0.15, 0.2) is 6.29 Å².